The predicted molar refractivity (Wildman–Crippen MR) is 76.9 cm³/mol. The van der Waals surface area contributed by atoms with Crippen molar-refractivity contribution in [3.05, 3.63) is 53.7 Å². The van der Waals surface area contributed by atoms with E-state index >= 15 is 0 Å². The molecule has 3 aromatic rings. The molecule has 0 unspecified atom stereocenters. The van der Waals surface area contributed by atoms with Gasteiger partial charge in [-0.3, -0.25) is 0 Å². The Labute approximate surface area is 126 Å². The minimum absolute atomic E-state index is 0.0380. The second-order valence-electron chi connectivity index (χ2n) is 5.96. The Bertz CT molecular complexity index is 853. The molecule has 3 heterocycles. The molecule has 0 radical (unpaired) electrons. The highest BCUT2D eigenvalue weighted by Gasteiger charge is 2.42. The van der Waals surface area contributed by atoms with E-state index in [9.17, 15) is 5.11 Å². The largest absolute Gasteiger partial charge is 0.386 e. The number of nitrogens with zero attached hydrogens (tertiary/aromatic N) is 4. The Hall–Kier alpha value is -2.47. The monoisotopic (exact) mass is 294 g/mol. The van der Waals surface area contributed by atoms with Crippen molar-refractivity contribution in [3.63, 3.8) is 0 Å². The minimum Gasteiger partial charge on any atom is -0.386 e. The van der Waals surface area contributed by atoms with Gasteiger partial charge in [0.05, 0.1) is 24.3 Å². The summed E-state index contributed by atoms with van der Waals surface area (Å²) in [4.78, 5) is 4.28. The smallest absolute Gasteiger partial charge is 0.137 e. The molecule has 1 N–H and O–H groups in total. The SMILES string of the molecule is O[C@H]1c2nonc2CC[C@@H]1[C@@H]1c2ccccc2-c2cncn21. The van der Waals surface area contributed by atoms with Crippen LogP contribution >= 0.6 is 0 Å². The fraction of sp³-hybridized carbons (Fsp3) is 0.312. The van der Waals surface area contributed by atoms with E-state index in [1.807, 2.05) is 24.7 Å². The Morgan fingerprint density at radius 3 is 3.09 bits per heavy atom. The number of aliphatic hydroxyl groups excluding tert-OH is 1. The van der Waals surface area contributed by atoms with E-state index in [1.165, 1.54) is 11.1 Å². The van der Waals surface area contributed by atoms with Crippen LogP contribution < -0.4 is 0 Å². The standard InChI is InChI=1S/C16H14N4O2/c21-16-11(5-6-12-14(16)19-22-18-12)15-10-4-2-1-3-9(10)13-7-17-8-20(13)15/h1-4,7-8,11,15-16,21H,5-6H2/t11-,15+,16-/m1/s1. The van der Waals surface area contributed by atoms with Crippen LogP contribution in [0.3, 0.4) is 0 Å². The van der Waals surface area contributed by atoms with Crippen molar-refractivity contribution in [2.75, 3.05) is 0 Å². The van der Waals surface area contributed by atoms with E-state index in [0.717, 1.165) is 24.2 Å². The normalized spacial score (nSPS) is 25.6. The van der Waals surface area contributed by atoms with Crippen LogP contribution in [-0.2, 0) is 6.42 Å². The zero-order chi connectivity index (χ0) is 14.7. The highest BCUT2D eigenvalue weighted by atomic mass is 16.6. The van der Waals surface area contributed by atoms with Gasteiger partial charge < -0.3 is 9.67 Å². The van der Waals surface area contributed by atoms with Gasteiger partial charge in [0.15, 0.2) is 0 Å². The Morgan fingerprint density at radius 2 is 2.14 bits per heavy atom. The van der Waals surface area contributed by atoms with E-state index in [0.29, 0.717) is 5.69 Å². The quantitative estimate of drug-likeness (QED) is 0.744. The van der Waals surface area contributed by atoms with Gasteiger partial charge in [-0.15, -0.1) is 0 Å². The summed E-state index contributed by atoms with van der Waals surface area (Å²) in [5.41, 5.74) is 4.91. The first-order valence-electron chi connectivity index (χ1n) is 7.45. The van der Waals surface area contributed by atoms with Crippen molar-refractivity contribution in [1.29, 1.82) is 0 Å². The van der Waals surface area contributed by atoms with Crippen LogP contribution in [0.1, 0.15) is 35.5 Å². The van der Waals surface area contributed by atoms with Crippen molar-refractivity contribution in [3.8, 4) is 11.3 Å². The van der Waals surface area contributed by atoms with Gasteiger partial charge in [-0.2, -0.15) is 0 Å². The molecular weight excluding hydrogens is 280 g/mol. The lowest BCUT2D eigenvalue weighted by atomic mass is 9.79. The number of imidazole rings is 1. The summed E-state index contributed by atoms with van der Waals surface area (Å²) >= 11 is 0. The fourth-order valence-electron chi connectivity index (χ4n) is 3.92. The van der Waals surface area contributed by atoms with E-state index < -0.39 is 6.10 Å². The number of aryl methyl sites for hydroxylation is 1. The number of fused-ring (bicyclic) bond motifs is 4. The zero-order valence-electron chi connectivity index (χ0n) is 11.8. The van der Waals surface area contributed by atoms with Crippen molar-refractivity contribution < 1.29 is 9.74 Å². The fourth-order valence-corrected chi connectivity index (χ4v) is 3.92. The van der Waals surface area contributed by atoms with Crippen molar-refractivity contribution in [2.45, 2.75) is 25.0 Å². The first kappa shape index (κ1) is 12.1. The summed E-state index contributed by atoms with van der Waals surface area (Å²) < 4.78 is 6.96. The lowest BCUT2D eigenvalue weighted by molar-refractivity contribution is 0.0662. The van der Waals surface area contributed by atoms with E-state index in [2.05, 4.69) is 32.0 Å². The van der Waals surface area contributed by atoms with Gasteiger partial charge in [0, 0.05) is 11.5 Å². The van der Waals surface area contributed by atoms with Gasteiger partial charge in [0.2, 0.25) is 0 Å². The molecule has 0 spiro atoms. The van der Waals surface area contributed by atoms with Crippen LogP contribution in [0.15, 0.2) is 41.4 Å². The molecule has 0 saturated carbocycles. The zero-order valence-corrected chi connectivity index (χ0v) is 11.8. The Kier molecular flexibility index (Phi) is 2.35. The van der Waals surface area contributed by atoms with Crippen LogP contribution in [0.25, 0.3) is 11.3 Å². The molecule has 110 valence electrons. The maximum Gasteiger partial charge on any atom is 0.137 e. The molecule has 2 aliphatic rings. The molecule has 0 saturated heterocycles. The highest BCUT2D eigenvalue weighted by molar-refractivity contribution is 5.69. The van der Waals surface area contributed by atoms with Gasteiger partial charge in [-0.1, -0.05) is 34.6 Å². The van der Waals surface area contributed by atoms with Gasteiger partial charge in [-0.05, 0) is 18.4 Å². The second kappa shape index (κ2) is 4.27. The van der Waals surface area contributed by atoms with E-state index in [1.54, 1.807) is 0 Å². The molecule has 1 aliphatic heterocycles. The summed E-state index contributed by atoms with van der Waals surface area (Å²) in [5.74, 6) is 0.0380. The molecule has 6 nitrogen and oxygen atoms in total. The topological polar surface area (TPSA) is 77.0 Å². The lowest BCUT2D eigenvalue weighted by Gasteiger charge is -2.32. The molecule has 22 heavy (non-hydrogen) atoms. The van der Waals surface area contributed by atoms with Gasteiger partial charge in [0.25, 0.3) is 0 Å². The Balaban J connectivity index is 1.65. The van der Waals surface area contributed by atoms with Crippen LogP contribution in [0.4, 0.5) is 0 Å². The van der Waals surface area contributed by atoms with Gasteiger partial charge >= 0.3 is 0 Å². The van der Waals surface area contributed by atoms with E-state index in [-0.39, 0.29) is 12.0 Å². The predicted octanol–water partition coefficient (Wildman–Crippen LogP) is 2.13. The van der Waals surface area contributed by atoms with Gasteiger partial charge in [0.1, 0.15) is 17.5 Å². The minimum atomic E-state index is -0.665. The molecule has 3 atom stereocenters. The maximum atomic E-state index is 10.8. The maximum absolute atomic E-state index is 10.8. The molecule has 0 amide bonds. The molecule has 6 heteroatoms. The summed E-state index contributed by atoms with van der Waals surface area (Å²) in [6.45, 7) is 0. The van der Waals surface area contributed by atoms with Crippen LogP contribution in [0.2, 0.25) is 0 Å². The average molecular weight is 294 g/mol. The van der Waals surface area contributed by atoms with Gasteiger partial charge in [-0.25, -0.2) is 9.61 Å². The van der Waals surface area contributed by atoms with Crippen molar-refractivity contribution in [1.82, 2.24) is 19.9 Å². The lowest BCUT2D eigenvalue weighted by Crippen LogP contribution is -2.28. The average Bonchev–Trinajstić information content (AvgIpc) is 3.23. The molecular formula is C16H14N4O2. The van der Waals surface area contributed by atoms with Crippen LogP contribution in [0.5, 0.6) is 0 Å². The summed E-state index contributed by atoms with van der Waals surface area (Å²) in [6.07, 6.45) is 4.70. The molecule has 1 aromatic carbocycles. The number of aromatic nitrogens is 4. The summed E-state index contributed by atoms with van der Waals surface area (Å²) in [6, 6.07) is 8.41. The third kappa shape index (κ3) is 1.45. The van der Waals surface area contributed by atoms with Crippen LogP contribution in [0, 0.1) is 5.92 Å². The second-order valence-corrected chi connectivity index (χ2v) is 5.96. The van der Waals surface area contributed by atoms with Crippen LogP contribution in [-0.4, -0.2) is 25.0 Å². The number of rotatable bonds is 1. The Morgan fingerprint density at radius 1 is 1.23 bits per heavy atom. The number of benzene rings is 1. The first-order valence-corrected chi connectivity index (χ1v) is 7.45. The van der Waals surface area contributed by atoms with Crippen molar-refractivity contribution in [2.24, 2.45) is 5.92 Å². The summed E-state index contributed by atoms with van der Waals surface area (Å²) in [7, 11) is 0. The third-order valence-corrected chi connectivity index (χ3v) is 4.91. The summed E-state index contributed by atoms with van der Waals surface area (Å²) in [5, 5.41) is 18.5. The molecule has 5 rings (SSSR count). The number of aliphatic hydroxyl groups is 1. The van der Waals surface area contributed by atoms with Crippen molar-refractivity contribution >= 4 is 0 Å². The highest BCUT2D eigenvalue weighted by Crippen LogP contribution is 2.49. The number of hydrogen-bond donors (Lipinski definition) is 1. The molecule has 0 bridgehead atoms. The molecule has 2 aromatic heterocycles. The molecule has 0 fully saturated rings. The van der Waals surface area contributed by atoms with E-state index in [4.69, 9.17) is 4.63 Å². The molecule has 1 aliphatic carbocycles. The first-order chi connectivity index (χ1) is 10.8. The number of hydrogen-bond acceptors (Lipinski definition) is 5. The third-order valence-electron chi connectivity index (χ3n) is 4.91.